The maximum absolute atomic E-state index is 13.0. The highest BCUT2D eigenvalue weighted by Crippen LogP contribution is 2.30. The summed E-state index contributed by atoms with van der Waals surface area (Å²) in [6, 6.07) is 1.55. The SMILES string of the molecule is O=C(c1sccc1S(=O)(=O)N1CCSCC1)N1CCN(C(=O)C2CCC2)CC1. The molecule has 2 amide bonds. The molecule has 0 spiro atoms. The van der Waals surface area contributed by atoms with Crippen LogP contribution in [-0.2, 0) is 14.8 Å². The molecule has 0 radical (unpaired) electrons. The van der Waals surface area contributed by atoms with Crippen LogP contribution >= 0.6 is 23.1 Å². The lowest BCUT2D eigenvalue weighted by Gasteiger charge is -2.38. The van der Waals surface area contributed by atoms with E-state index in [-0.39, 0.29) is 27.5 Å². The average Bonchev–Trinajstić information content (AvgIpc) is 3.17. The van der Waals surface area contributed by atoms with Crippen LogP contribution in [0.5, 0.6) is 0 Å². The zero-order chi connectivity index (χ0) is 19.7. The molecule has 4 rings (SSSR count). The molecule has 7 nitrogen and oxygen atoms in total. The van der Waals surface area contributed by atoms with Crippen molar-refractivity contribution in [3.63, 3.8) is 0 Å². The second kappa shape index (κ2) is 8.33. The lowest BCUT2D eigenvalue weighted by molar-refractivity contribution is -0.139. The largest absolute Gasteiger partial charge is 0.339 e. The number of rotatable bonds is 4. The summed E-state index contributed by atoms with van der Waals surface area (Å²) in [5, 5.41) is 1.68. The minimum absolute atomic E-state index is 0.127. The number of thiophene rings is 1. The molecule has 1 aromatic rings. The molecule has 2 saturated heterocycles. The second-order valence-corrected chi connectivity index (χ2v) is 11.4. The topological polar surface area (TPSA) is 78.0 Å². The van der Waals surface area contributed by atoms with Crippen LogP contribution in [0.15, 0.2) is 16.3 Å². The van der Waals surface area contributed by atoms with Crippen molar-refractivity contribution in [3.8, 4) is 0 Å². The zero-order valence-electron chi connectivity index (χ0n) is 15.7. The lowest BCUT2D eigenvalue weighted by atomic mass is 9.84. The van der Waals surface area contributed by atoms with E-state index < -0.39 is 10.0 Å². The van der Waals surface area contributed by atoms with Crippen LogP contribution in [0.1, 0.15) is 28.9 Å². The van der Waals surface area contributed by atoms with Gasteiger partial charge in [-0.1, -0.05) is 6.42 Å². The molecule has 154 valence electrons. The molecule has 1 saturated carbocycles. The van der Waals surface area contributed by atoms with Gasteiger partial charge < -0.3 is 9.80 Å². The predicted molar refractivity (Wildman–Crippen MR) is 110 cm³/mol. The summed E-state index contributed by atoms with van der Waals surface area (Å²) >= 11 is 2.93. The lowest BCUT2D eigenvalue weighted by Crippen LogP contribution is -2.52. The van der Waals surface area contributed by atoms with E-state index >= 15 is 0 Å². The van der Waals surface area contributed by atoms with Gasteiger partial charge in [0.15, 0.2) is 0 Å². The highest BCUT2D eigenvalue weighted by molar-refractivity contribution is 7.99. The molecule has 0 aromatic carbocycles. The van der Waals surface area contributed by atoms with Gasteiger partial charge in [0, 0.05) is 56.7 Å². The normalized spacial score (nSPS) is 22.1. The Kier molecular flexibility index (Phi) is 6.01. The van der Waals surface area contributed by atoms with Gasteiger partial charge in [0.1, 0.15) is 9.77 Å². The Balaban J connectivity index is 1.43. The minimum atomic E-state index is -3.65. The molecule has 0 unspecified atom stereocenters. The Labute approximate surface area is 174 Å². The van der Waals surface area contributed by atoms with Crippen molar-refractivity contribution in [2.24, 2.45) is 5.92 Å². The molecule has 28 heavy (non-hydrogen) atoms. The van der Waals surface area contributed by atoms with Crippen molar-refractivity contribution in [2.75, 3.05) is 50.8 Å². The second-order valence-electron chi connectivity index (χ2n) is 7.38. The first kappa shape index (κ1) is 20.2. The third kappa shape index (κ3) is 3.83. The molecular weight excluding hydrogens is 418 g/mol. The van der Waals surface area contributed by atoms with Crippen LogP contribution in [0.25, 0.3) is 0 Å². The molecule has 1 aromatic heterocycles. The van der Waals surface area contributed by atoms with E-state index in [0.717, 1.165) is 30.8 Å². The molecule has 0 atom stereocenters. The number of thioether (sulfide) groups is 1. The van der Waals surface area contributed by atoms with E-state index in [9.17, 15) is 18.0 Å². The maximum Gasteiger partial charge on any atom is 0.265 e. The summed E-state index contributed by atoms with van der Waals surface area (Å²) in [5.74, 6) is 1.70. The summed E-state index contributed by atoms with van der Waals surface area (Å²) in [4.78, 5) is 29.4. The number of hydrogen-bond donors (Lipinski definition) is 0. The number of carbonyl (C=O) groups excluding carboxylic acids is 2. The van der Waals surface area contributed by atoms with Crippen LogP contribution in [0.2, 0.25) is 0 Å². The summed E-state index contributed by atoms with van der Waals surface area (Å²) in [5.41, 5.74) is 0. The van der Waals surface area contributed by atoms with Crippen molar-refractivity contribution >= 4 is 44.9 Å². The smallest absolute Gasteiger partial charge is 0.265 e. The summed E-state index contributed by atoms with van der Waals surface area (Å²) < 4.78 is 27.5. The molecule has 1 aliphatic carbocycles. The fourth-order valence-electron chi connectivity index (χ4n) is 3.77. The first-order valence-corrected chi connectivity index (χ1v) is 13.2. The van der Waals surface area contributed by atoms with Gasteiger partial charge in [-0.25, -0.2) is 8.42 Å². The van der Waals surface area contributed by atoms with E-state index in [2.05, 4.69) is 0 Å². The summed E-state index contributed by atoms with van der Waals surface area (Å²) in [7, 11) is -3.65. The van der Waals surface area contributed by atoms with Crippen LogP contribution in [0, 0.1) is 5.92 Å². The van der Waals surface area contributed by atoms with Gasteiger partial charge in [-0.05, 0) is 24.3 Å². The third-order valence-electron chi connectivity index (χ3n) is 5.74. The van der Waals surface area contributed by atoms with Crippen molar-refractivity contribution in [1.82, 2.24) is 14.1 Å². The number of amides is 2. The minimum Gasteiger partial charge on any atom is -0.339 e. The Hall–Kier alpha value is -1.10. The Morgan fingerprint density at radius 1 is 0.964 bits per heavy atom. The predicted octanol–water partition coefficient (Wildman–Crippen LogP) is 1.57. The molecular formula is C18H25N3O4S3. The first-order valence-electron chi connectivity index (χ1n) is 9.72. The first-order chi connectivity index (χ1) is 13.5. The summed E-state index contributed by atoms with van der Waals surface area (Å²) in [6.07, 6.45) is 3.08. The van der Waals surface area contributed by atoms with E-state index in [0.29, 0.717) is 39.3 Å². The number of carbonyl (C=O) groups is 2. The van der Waals surface area contributed by atoms with Crippen molar-refractivity contribution < 1.29 is 18.0 Å². The molecule has 2 aliphatic heterocycles. The van der Waals surface area contributed by atoms with Gasteiger partial charge in [-0.3, -0.25) is 9.59 Å². The van der Waals surface area contributed by atoms with Crippen LogP contribution in [-0.4, -0.2) is 85.1 Å². The monoisotopic (exact) mass is 443 g/mol. The Morgan fingerprint density at radius 3 is 2.21 bits per heavy atom. The number of hydrogen-bond acceptors (Lipinski definition) is 6. The summed E-state index contributed by atoms with van der Waals surface area (Å²) in [6.45, 7) is 2.93. The Bertz CT molecular complexity index is 836. The fraction of sp³-hybridized carbons (Fsp3) is 0.667. The van der Waals surface area contributed by atoms with Gasteiger partial charge in [0.05, 0.1) is 0 Å². The molecule has 0 bridgehead atoms. The number of piperazine rings is 1. The van der Waals surface area contributed by atoms with E-state index in [1.807, 2.05) is 4.90 Å². The van der Waals surface area contributed by atoms with E-state index in [1.165, 1.54) is 15.6 Å². The number of nitrogens with zero attached hydrogens (tertiary/aromatic N) is 3. The van der Waals surface area contributed by atoms with E-state index in [4.69, 9.17) is 0 Å². The molecule has 3 fully saturated rings. The molecule has 10 heteroatoms. The highest BCUT2D eigenvalue weighted by Gasteiger charge is 2.35. The zero-order valence-corrected chi connectivity index (χ0v) is 18.2. The fourth-order valence-corrected chi connectivity index (χ4v) is 7.71. The molecule has 3 heterocycles. The van der Waals surface area contributed by atoms with Gasteiger partial charge in [0.2, 0.25) is 15.9 Å². The van der Waals surface area contributed by atoms with Gasteiger partial charge in [-0.2, -0.15) is 16.1 Å². The van der Waals surface area contributed by atoms with Gasteiger partial charge >= 0.3 is 0 Å². The molecule has 0 N–H and O–H groups in total. The maximum atomic E-state index is 13.0. The Morgan fingerprint density at radius 2 is 1.61 bits per heavy atom. The quantitative estimate of drug-likeness (QED) is 0.706. The van der Waals surface area contributed by atoms with E-state index in [1.54, 1.807) is 28.1 Å². The standard InChI is InChI=1S/C18H25N3O4S3/c22-17(14-2-1-3-14)19-5-7-20(8-6-19)18(23)16-15(4-11-27-16)28(24,25)21-9-12-26-13-10-21/h4,11,14H,1-3,5-10,12-13H2. The average molecular weight is 444 g/mol. The molecule has 3 aliphatic rings. The van der Waals surface area contributed by atoms with Gasteiger partial charge in [-0.15, -0.1) is 11.3 Å². The van der Waals surface area contributed by atoms with Crippen LogP contribution in [0.4, 0.5) is 0 Å². The number of sulfonamides is 1. The van der Waals surface area contributed by atoms with Crippen LogP contribution in [0.3, 0.4) is 0 Å². The van der Waals surface area contributed by atoms with Crippen molar-refractivity contribution in [1.29, 1.82) is 0 Å². The van der Waals surface area contributed by atoms with Crippen molar-refractivity contribution in [2.45, 2.75) is 24.2 Å². The van der Waals surface area contributed by atoms with Crippen LogP contribution < -0.4 is 0 Å². The highest BCUT2D eigenvalue weighted by atomic mass is 32.2. The van der Waals surface area contributed by atoms with Crippen molar-refractivity contribution in [3.05, 3.63) is 16.3 Å². The van der Waals surface area contributed by atoms with Gasteiger partial charge in [0.25, 0.3) is 5.91 Å². The third-order valence-corrected chi connectivity index (χ3v) is 9.66.